The Labute approximate surface area is 323 Å². The normalized spacial score (nSPS) is 11.3. The molecule has 0 atom stereocenters. The zero-order chi connectivity index (χ0) is 38.5. The number of carbonyl (C=O) groups is 2. The number of aromatic nitrogens is 1. The molecule has 0 radical (unpaired) electrons. The number of imide groups is 1. The molecule has 2 amide bonds. The lowest BCUT2D eigenvalue weighted by Gasteiger charge is -2.23. The molecule has 0 bridgehead atoms. The molecule has 0 unspecified atom stereocenters. The van der Waals surface area contributed by atoms with Crippen molar-refractivity contribution in [3.05, 3.63) is 178 Å². The molecule has 7 aromatic carbocycles. The van der Waals surface area contributed by atoms with E-state index in [-0.39, 0.29) is 5.91 Å². The summed E-state index contributed by atoms with van der Waals surface area (Å²) in [4.78, 5) is 29.2. The first-order chi connectivity index (χ1) is 26.6. The van der Waals surface area contributed by atoms with Gasteiger partial charge >= 0.3 is 0 Å². The highest BCUT2D eigenvalue weighted by atomic mass is 16.2. The highest BCUT2D eigenvalue weighted by molar-refractivity contribution is 6.21. The van der Waals surface area contributed by atoms with Crippen molar-refractivity contribution in [2.75, 3.05) is 4.90 Å². The predicted octanol–water partition coefficient (Wildman–Crippen LogP) is 12.7. The smallest absolute Gasteiger partial charge is 0.267 e. The molecule has 0 fully saturated rings. The Morgan fingerprint density at radius 3 is 1.47 bits per heavy atom. The summed E-state index contributed by atoms with van der Waals surface area (Å²) >= 11 is 0. The molecule has 0 aliphatic rings. The Kier molecular flexibility index (Phi) is 9.06. The van der Waals surface area contributed by atoms with E-state index in [2.05, 4.69) is 107 Å². The van der Waals surface area contributed by atoms with E-state index < -0.39 is 0 Å². The minimum atomic E-state index is -0.383. The van der Waals surface area contributed by atoms with Crippen LogP contribution in [0.5, 0.6) is 0 Å². The average Bonchev–Trinajstić information content (AvgIpc) is 3.50. The van der Waals surface area contributed by atoms with Crippen molar-refractivity contribution >= 4 is 39.8 Å². The van der Waals surface area contributed by atoms with Crippen molar-refractivity contribution in [1.29, 1.82) is 0 Å². The Balaban J connectivity index is 1.45. The topological polar surface area (TPSA) is 42.3 Å². The maximum Gasteiger partial charge on any atom is 0.267 e. The summed E-state index contributed by atoms with van der Waals surface area (Å²) in [6.07, 6.45) is 0.636. The van der Waals surface area contributed by atoms with Crippen molar-refractivity contribution in [2.45, 2.75) is 48.5 Å². The summed E-state index contributed by atoms with van der Waals surface area (Å²) < 4.78 is 2.30. The maximum atomic E-state index is 15.0. The third-order valence-corrected chi connectivity index (χ3v) is 11.0. The Morgan fingerprint density at radius 1 is 0.509 bits per heavy atom. The van der Waals surface area contributed by atoms with Gasteiger partial charge < -0.3 is 4.57 Å². The Bertz CT molecular complexity index is 2650. The SMILES string of the molecule is Cc1cc(C)c(-c2cccc3c4cccc(-c5c(C)cc(C)cc5C)c4n(-c4cccc(C)c4C(=O)N(C=O)c4ccc(-c5ccccc5)cc4)c23)c(C)c1. The van der Waals surface area contributed by atoms with Crippen molar-refractivity contribution in [3.63, 3.8) is 0 Å². The van der Waals surface area contributed by atoms with E-state index in [1.807, 2.05) is 79.7 Å². The summed E-state index contributed by atoms with van der Waals surface area (Å²) in [6.45, 7) is 14.9. The van der Waals surface area contributed by atoms with Crippen LogP contribution in [0.2, 0.25) is 0 Å². The number of anilines is 1. The van der Waals surface area contributed by atoms with Gasteiger partial charge in [0.05, 0.1) is 28.0 Å². The van der Waals surface area contributed by atoms with Crippen molar-refractivity contribution in [2.24, 2.45) is 0 Å². The molecule has 270 valence electrons. The lowest BCUT2D eigenvalue weighted by molar-refractivity contribution is -0.106. The molecule has 1 aromatic heterocycles. The van der Waals surface area contributed by atoms with Gasteiger partial charge in [0, 0.05) is 21.9 Å². The minimum Gasteiger partial charge on any atom is -0.307 e. The van der Waals surface area contributed by atoms with E-state index in [9.17, 15) is 4.79 Å². The molecule has 0 saturated heterocycles. The van der Waals surface area contributed by atoms with E-state index >= 15 is 4.79 Å². The predicted molar refractivity (Wildman–Crippen MR) is 230 cm³/mol. The first-order valence-electron chi connectivity index (χ1n) is 18.8. The quantitative estimate of drug-likeness (QED) is 0.154. The first kappa shape index (κ1) is 35.5. The van der Waals surface area contributed by atoms with Gasteiger partial charge in [-0.15, -0.1) is 0 Å². The average molecular weight is 717 g/mol. The van der Waals surface area contributed by atoms with Crippen LogP contribution in [0.4, 0.5) is 5.69 Å². The zero-order valence-corrected chi connectivity index (χ0v) is 32.5. The van der Waals surface area contributed by atoms with E-state index in [4.69, 9.17) is 0 Å². The maximum absolute atomic E-state index is 15.0. The van der Waals surface area contributed by atoms with Gasteiger partial charge in [0.25, 0.3) is 5.91 Å². The molecule has 8 rings (SSSR count). The number of hydrogen-bond acceptors (Lipinski definition) is 2. The lowest BCUT2D eigenvalue weighted by atomic mass is 9.91. The van der Waals surface area contributed by atoms with Crippen LogP contribution in [0.25, 0.3) is 60.9 Å². The number of rotatable bonds is 7. The number of aryl methyl sites for hydroxylation is 7. The van der Waals surface area contributed by atoms with Crippen LogP contribution in [-0.4, -0.2) is 16.9 Å². The number of benzene rings is 7. The van der Waals surface area contributed by atoms with E-state index in [0.29, 0.717) is 17.7 Å². The van der Waals surface area contributed by atoms with E-state index in [1.54, 1.807) is 0 Å². The van der Waals surface area contributed by atoms with Gasteiger partial charge in [0.15, 0.2) is 0 Å². The second-order valence-corrected chi connectivity index (χ2v) is 14.9. The summed E-state index contributed by atoms with van der Waals surface area (Å²) in [5.41, 5.74) is 18.4. The van der Waals surface area contributed by atoms with Crippen LogP contribution in [0, 0.1) is 48.5 Å². The molecule has 0 saturated carbocycles. The van der Waals surface area contributed by atoms with Crippen molar-refractivity contribution < 1.29 is 9.59 Å². The summed E-state index contributed by atoms with van der Waals surface area (Å²) in [5, 5.41) is 2.19. The Morgan fingerprint density at radius 2 is 0.982 bits per heavy atom. The van der Waals surface area contributed by atoms with Crippen molar-refractivity contribution in [3.8, 4) is 39.1 Å². The highest BCUT2D eigenvalue weighted by Gasteiger charge is 2.28. The van der Waals surface area contributed by atoms with Gasteiger partial charge in [0.2, 0.25) is 6.41 Å². The van der Waals surface area contributed by atoms with Crippen LogP contribution < -0.4 is 4.90 Å². The molecule has 0 spiro atoms. The third-order valence-electron chi connectivity index (χ3n) is 11.0. The van der Waals surface area contributed by atoms with Gasteiger partial charge in [-0.25, -0.2) is 4.90 Å². The number of carbonyl (C=O) groups excluding carboxylic acids is 2. The van der Waals surface area contributed by atoms with Crippen LogP contribution in [0.3, 0.4) is 0 Å². The summed E-state index contributed by atoms with van der Waals surface area (Å²) in [6, 6.07) is 45.7. The Hall–Kier alpha value is -6.52. The largest absolute Gasteiger partial charge is 0.307 e. The van der Waals surface area contributed by atoms with Gasteiger partial charge in [-0.3, -0.25) is 9.59 Å². The van der Waals surface area contributed by atoms with Crippen LogP contribution >= 0.6 is 0 Å². The first-order valence-corrected chi connectivity index (χ1v) is 18.8. The highest BCUT2D eigenvalue weighted by Crippen LogP contribution is 2.45. The monoisotopic (exact) mass is 716 g/mol. The molecular formula is C51H44N2O2. The standard InChI is InChI=1S/C51H44N2O2/c1-31-26-34(4)46(35(5)27-31)43-19-12-17-41-42-18-13-20-44(47-36(6)28-32(2)29-37(47)7)50(42)53(49(41)43)45-21-11-14-33(3)48(45)51(55)52(30-54)40-24-22-39(23-25-40)38-15-9-8-10-16-38/h8-30H,1-7H3. The molecule has 0 aliphatic heterocycles. The van der Waals surface area contributed by atoms with Crippen LogP contribution in [-0.2, 0) is 4.79 Å². The fourth-order valence-corrected chi connectivity index (χ4v) is 8.88. The van der Waals surface area contributed by atoms with E-state index in [1.165, 1.54) is 49.4 Å². The molecule has 0 aliphatic carbocycles. The van der Waals surface area contributed by atoms with E-state index in [0.717, 1.165) is 55.3 Å². The number of para-hydroxylation sites is 2. The van der Waals surface area contributed by atoms with Crippen LogP contribution in [0.15, 0.2) is 133 Å². The fraction of sp³-hybridized carbons (Fsp3) is 0.137. The fourth-order valence-electron chi connectivity index (χ4n) is 8.88. The van der Waals surface area contributed by atoms with Gasteiger partial charge in [0.1, 0.15) is 0 Å². The van der Waals surface area contributed by atoms with Gasteiger partial charge in [-0.05, 0) is 117 Å². The number of fused-ring (bicyclic) bond motifs is 3. The second kappa shape index (κ2) is 14.0. The molecule has 4 nitrogen and oxygen atoms in total. The number of amides is 2. The van der Waals surface area contributed by atoms with Gasteiger partial charge in [-0.1, -0.05) is 126 Å². The number of hydrogen-bond donors (Lipinski definition) is 0. The third kappa shape index (κ3) is 6.04. The minimum absolute atomic E-state index is 0.383. The molecule has 0 N–H and O–H groups in total. The molecular weight excluding hydrogens is 673 g/mol. The number of nitrogens with zero attached hydrogens (tertiary/aromatic N) is 2. The molecule has 8 aromatic rings. The zero-order valence-electron chi connectivity index (χ0n) is 32.5. The lowest BCUT2D eigenvalue weighted by Crippen LogP contribution is -2.31. The second-order valence-electron chi connectivity index (χ2n) is 14.9. The summed E-state index contributed by atoms with van der Waals surface area (Å²) in [5.74, 6) is -0.383. The molecule has 55 heavy (non-hydrogen) atoms. The molecule has 1 heterocycles. The van der Waals surface area contributed by atoms with Crippen LogP contribution in [0.1, 0.15) is 49.3 Å². The van der Waals surface area contributed by atoms with Crippen molar-refractivity contribution in [1.82, 2.24) is 4.57 Å². The molecule has 4 heteroatoms. The van der Waals surface area contributed by atoms with Gasteiger partial charge in [-0.2, -0.15) is 0 Å². The summed E-state index contributed by atoms with van der Waals surface area (Å²) in [7, 11) is 0.